The summed E-state index contributed by atoms with van der Waals surface area (Å²) >= 11 is 1.54. The maximum atomic E-state index is 12.2. The van der Waals surface area contributed by atoms with Crippen molar-refractivity contribution in [3.63, 3.8) is 0 Å². The summed E-state index contributed by atoms with van der Waals surface area (Å²) in [6.45, 7) is 1.79. The molecule has 0 spiro atoms. The summed E-state index contributed by atoms with van der Waals surface area (Å²) in [5.41, 5.74) is 1.56. The Hall–Kier alpha value is -3.00. The van der Waals surface area contributed by atoms with Crippen LogP contribution in [0.2, 0.25) is 0 Å². The first-order valence-corrected chi connectivity index (χ1v) is 9.30. The number of hydrogen-bond acceptors (Lipinski definition) is 7. The highest BCUT2D eigenvalue weighted by molar-refractivity contribution is 7.13. The normalized spacial score (nSPS) is 10.6. The second kappa shape index (κ2) is 8.59. The van der Waals surface area contributed by atoms with Crippen molar-refractivity contribution < 1.29 is 18.8 Å². The lowest BCUT2D eigenvalue weighted by Crippen LogP contribution is -2.16. The number of thiophene rings is 1. The second-order valence-corrected chi connectivity index (χ2v) is 6.83. The Morgan fingerprint density at radius 2 is 2.11 bits per heavy atom. The molecule has 0 aliphatic rings. The molecule has 0 fully saturated rings. The number of rotatable bonds is 7. The van der Waals surface area contributed by atoms with Gasteiger partial charge in [0.1, 0.15) is 0 Å². The number of aromatic nitrogens is 2. The van der Waals surface area contributed by atoms with Crippen LogP contribution >= 0.6 is 11.3 Å². The zero-order chi connectivity index (χ0) is 19.2. The van der Waals surface area contributed by atoms with Gasteiger partial charge in [-0.3, -0.25) is 4.79 Å². The lowest BCUT2D eigenvalue weighted by atomic mass is 10.1. The van der Waals surface area contributed by atoms with Crippen molar-refractivity contribution in [2.75, 3.05) is 12.4 Å². The van der Waals surface area contributed by atoms with Crippen LogP contribution in [0.15, 0.2) is 40.2 Å². The quantitative estimate of drug-likeness (QED) is 0.621. The van der Waals surface area contributed by atoms with Crippen molar-refractivity contribution in [1.29, 1.82) is 0 Å². The van der Waals surface area contributed by atoms with Gasteiger partial charge in [-0.1, -0.05) is 23.4 Å². The van der Waals surface area contributed by atoms with Crippen LogP contribution in [0.1, 0.15) is 34.7 Å². The highest BCUT2D eigenvalue weighted by Gasteiger charge is 2.16. The van der Waals surface area contributed by atoms with E-state index in [1.54, 1.807) is 25.1 Å². The number of hydrogen-bond donors (Lipinski definition) is 1. The number of aryl methyl sites for hydroxylation is 2. The summed E-state index contributed by atoms with van der Waals surface area (Å²) < 4.78 is 10.0. The van der Waals surface area contributed by atoms with E-state index in [9.17, 15) is 9.59 Å². The van der Waals surface area contributed by atoms with Crippen molar-refractivity contribution in [1.82, 2.24) is 10.1 Å². The molecule has 3 aromatic rings. The molecular weight excluding hydrogens is 366 g/mol. The zero-order valence-electron chi connectivity index (χ0n) is 15.0. The topological polar surface area (TPSA) is 94.3 Å². The Balaban J connectivity index is 1.55. The predicted molar refractivity (Wildman–Crippen MR) is 102 cm³/mol. The van der Waals surface area contributed by atoms with E-state index in [-0.39, 0.29) is 12.3 Å². The Morgan fingerprint density at radius 1 is 1.26 bits per heavy atom. The monoisotopic (exact) mass is 385 g/mol. The van der Waals surface area contributed by atoms with E-state index in [0.717, 1.165) is 10.4 Å². The Bertz CT molecular complexity index is 934. The Morgan fingerprint density at radius 3 is 2.85 bits per heavy atom. The van der Waals surface area contributed by atoms with Crippen molar-refractivity contribution in [2.24, 2.45) is 0 Å². The molecule has 3 rings (SSSR count). The number of carbonyl (C=O) groups is 2. The lowest BCUT2D eigenvalue weighted by molar-refractivity contribution is -0.116. The van der Waals surface area contributed by atoms with Gasteiger partial charge in [-0.05, 0) is 36.4 Å². The van der Waals surface area contributed by atoms with Crippen LogP contribution in [0.4, 0.5) is 5.69 Å². The van der Waals surface area contributed by atoms with Gasteiger partial charge in [-0.2, -0.15) is 4.98 Å². The Labute approximate surface area is 160 Å². The van der Waals surface area contributed by atoms with Crippen LogP contribution in [0.5, 0.6) is 0 Å². The number of methoxy groups -OCH3 is 1. The first kappa shape index (κ1) is 18.8. The molecule has 0 aliphatic heterocycles. The summed E-state index contributed by atoms with van der Waals surface area (Å²) in [5, 5.41) is 8.67. The number of ether oxygens (including phenoxy) is 1. The van der Waals surface area contributed by atoms with E-state index in [2.05, 4.69) is 15.5 Å². The van der Waals surface area contributed by atoms with Crippen LogP contribution in [-0.2, 0) is 16.0 Å². The van der Waals surface area contributed by atoms with E-state index in [1.165, 1.54) is 18.4 Å². The summed E-state index contributed by atoms with van der Waals surface area (Å²) in [5.74, 6) is 0.392. The third-order valence-electron chi connectivity index (χ3n) is 3.94. The number of benzene rings is 1. The molecule has 1 aromatic carbocycles. The van der Waals surface area contributed by atoms with Crippen molar-refractivity contribution in [3.8, 4) is 10.7 Å². The van der Waals surface area contributed by atoms with Gasteiger partial charge in [0.25, 0.3) is 0 Å². The van der Waals surface area contributed by atoms with Crippen LogP contribution in [-0.4, -0.2) is 29.1 Å². The average Bonchev–Trinajstić information content (AvgIpc) is 3.33. The van der Waals surface area contributed by atoms with Gasteiger partial charge >= 0.3 is 5.97 Å². The van der Waals surface area contributed by atoms with Crippen LogP contribution in [0, 0.1) is 6.92 Å². The Kier molecular flexibility index (Phi) is 5.97. The molecule has 0 unspecified atom stereocenters. The molecule has 2 heterocycles. The highest BCUT2D eigenvalue weighted by Crippen LogP contribution is 2.22. The number of nitrogens with one attached hydrogen (secondary N) is 1. The highest BCUT2D eigenvalue weighted by atomic mass is 32.1. The number of esters is 1. The molecule has 0 saturated heterocycles. The molecule has 1 amide bonds. The van der Waals surface area contributed by atoms with Gasteiger partial charge < -0.3 is 14.6 Å². The minimum absolute atomic E-state index is 0.191. The van der Waals surface area contributed by atoms with E-state index < -0.39 is 5.97 Å². The van der Waals surface area contributed by atoms with E-state index in [4.69, 9.17) is 9.26 Å². The van der Waals surface area contributed by atoms with Gasteiger partial charge in [0.15, 0.2) is 0 Å². The van der Waals surface area contributed by atoms with Crippen LogP contribution in [0.3, 0.4) is 0 Å². The number of anilines is 1. The molecule has 0 bridgehead atoms. The molecule has 0 radical (unpaired) electrons. The van der Waals surface area contributed by atoms with Crippen molar-refractivity contribution in [3.05, 3.63) is 52.7 Å². The van der Waals surface area contributed by atoms with Gasteiger partial charge in [0.05, 0.1) is 23.2 Å². The fourth-order valence-corrected chi connectivity index (χ4v) is 3.27. The number of carbonyl (C=O) groups excluding carboxylic acids is 2. The second-order valence-electron chi connectivity index (χ2n) is 5.88. The molecule has 0 atom stereocenters. The predicted octanol–water partition coefficient (Wildman–Crippen LogP) is 3.85. The van der Waals surface area contributed by atoms with Gasteiger partial charge in [0.2, 0.25) is 17.6 Å². The fourth-order valence-electron chi connectivity index (χ4n) is 2.62. The maximum absolute atomic E-state index is 12.2. The van der Waals surface area contributed by atoms with Crippen molar-refractivity contribution in [2.45, 2.75) is 26.2 Å². The molecular formula is C19H19N3O4S. The lowest BCUT2D eigenvalue weighted by Gasteiger charge is -2.11. The van der Waals surface area contributed by atoms with Crippen LogP contribution < -0.4 is 5.32 Å². The molecule has 27 heavy (non-hydrogen) atoms. The summed E-state index contributed by atoms with van der Waals surface area (Å²) in [6.07, 6.45) is 1.33. The molecule has 8 heteroatoms. The molecule has 0 aliphatic carbocycles. The largest absolute Gasteiger partial charge is 0.465 e. The fraction of sp³-hybridized carbons (Fsp3) is 0.263. The molecule has 2 aromatic heterocycles. The smallest absolute Gasteiger partial charge is 0.340 e. The first-order valence-electron chi connectivity index (χ1n) is 8.42. The van der Waals surface area contributed by atoms with E-state index in [0.29, 0.717) is 35.8 Å². The zero-order valence-corrected chi connectivity index (χ0v) is 15.8. The standard InChI is InChI=1S/C19H19N3O4S/c1-12-6-3-7-13(17(12)19(24)25-2)20-15(23)9-4-10-16-21-18(22-26-16)14-8-5-11-27-14/h3,5-8,11H,4,9-10H2,1-2H3,(H,20,23). The summed E-state index contributed by atoms with van der Waals surface area (Å²) in [6, 6.07) is 9.11. The SMILES string of the molecule is COC(=O)c1c(C)cccc1NC(=O)CCCc1nc(-c2cccs2)no1. The molecule has 1 N–H and O–H groups in total. The van der Waals surface area contributed by atoms with Crippen LogP contribution in [0.25, 0.3) is 10.7 Å². The average molecular weight is 385 g/mol. The number of amides is 1. The third kappa shape index (κ3) is 4.59. The van der Waals surface area contributed by atoms with Gasteiger partial charge in [-0.25, -0.2) is 4.79 Å². The van der Waals surface area contributed by atoms with Crippen molar-refractivity contribution >= 4 is 28.9 Å². The minimum atomic E-state index is -0.477. The maximum Gasteiger partial charge on any atom is 0.340 e. The minimum Gasteiger partial charge on any atom is -0.465 e. The molecule has 140 valence electrons. The third-order valence-corrected chi connectivity index (χ3v) is 4.81. The van der Waals surface area contributed by atoms with E-state index in [1.807, 2.05) is 17.5 Å². The first-order chi connectivity index (χ1) is 13.1. The summed E-state index contributed by atoms with van der Waals surface area (Å²) in [7, 11) is 1.31. The van der Waals surface area contributed by atoms with E-state index >= 15 is 0 Å². The molecule has 7 nitrogen and oxygen atoms in total. The van der Waals surface area contributed by atoms with Gasteiger partial charge in [-0.15, -0.1) is 11.3 Å². The molecule has 0 saturated carbocycles. The number of nitrogens with zero attached hydrogens (tertiary/aromatic N) is 2. The summed E-state index contributed by atoms with van der Waals surface area (Å²) in [4.78, 5) is 29.5. The van der Waals surface area contributed by atoms with Gasteiger partial charge in [0, 0.05) is 12.8 Å².